The molecular weight excluding hydrogens is 793 g/mol. The normalized spacial score (nSPS) is 37.3. The van der Waals surface area contributed by atoms with Crippen LogP contribution in [0.3, 0.4) is 0 Å². The second-order valence-corrected chi connectivity index (χ2v) is 22.9. The molecule has 0 bridgehead atoms. The fraction of sp³-hybridized carbons (Fsp3) is 0.759. The lowest BCUT2D eigenvalue weighted by molar-refractivity contribution is -0.0492. The third kappa shape index (κ3) is 10.2. The van der Waals surface area contributed by atoms with Gasteiger partial charge in [0.1, 0.15) is 0 Å². The van der Waals surface area contributed by atoms with Crippen LogP contribution >= 0.6 is 0 Å². The molecule has 0 aromatic heterocycles. The van der Waals surface area contributed by atoms with Gasteiger partial charge in [-0.05, 0) is 161 Å². The van der Waals surface area contributed by atoms with Crippen molar-refractivity contribution in [2.45, 2.75) is 233 Å². The lowest BCUT2D eigenvalue weighted by Crippen LogP contribution is -2.52. The van der Waals surface area contributed by atoms with E-state index < -0.39 is 35.6 Å². The molecule has 0 radical (unpaired) electrons. The predicted octanol–water partition coefficient (Wildman–Crippen LogP) is 12.5. The standard InChI is InChI=1S/2C29H46O3/c1-6-29(32,7-2)15-8-9-19(3)23-12-13-24-22-11-10-20-17-21(30)18-26(31)28(20,5)25(22)14-16-27(23,24)4;1-6-29(32,7-2)17-8-10-20(3)25-14-15-26-22(11-9-16-28(25,26)5)12-13-23-18-24(30)19-27(31)21(23)4/h10-12,19,21,24-26,30-32H,6-9,13-18H2,1-5H3;12-14,20,24,26-27,30-32H,4,6-11,15-19H2,1-3,5H3/b;22-12+,23-13-/t19-,21+,24?,25?,26-,27+,28-;20-,24+,26?,27-,28+/m00/s1. The molecule has 7 aliphatic carbocycles. The summed E-state index contributed by atoms with van der Waals surface area (Å²) in [6.45, 7) is 24.4. The maximum absolute atomic E-state index is 11.1. The molecule has 0 aromatic carbocycles. The average molecular weight is 885 g/mol. The second kappa shape index (κ2) is 20.7. The summed E-state index contributed by atoms with van der Waals surface area (Å²) in [7, 11) is 0. The highest BCUT2D eigenvalue weighted by atomic mass is 16.3. The van der Waals surface area contributed by atoms with Crippen LogP contribution in [0.1, 0.15) is 197 Å². The molecule has 0 aliphatic heterocycles. The van der Waals surface area contributed by atoms with E-state index >= 15 is 0 Å². The van der Waals surface area contributed by atoms with E-state index in [1.807, 2.05) is 0 Å². The highest BCUT2D eigenvalue weighted by Crippen LogP contribution is 2.65. The SMILES string of the molecule is C=C1/C(=C\C=C2/CCC[C@]3(C)C([C@@H](C)CCCC(O)(CC)CC)=CCC23)C[C@@H](O)C[C@@H]1O.CCC(O)(CC)CCC[C@H](C)C1=CCC2C3=CC=C4C[C@@H](O)C[C@H](O)[C@]4(C)C3CC[C@]12C. The Morgan fingerprint density at radius 2 is 1.27 bits per heavy atom. The van der Waals surface area contributed by atoms with Gasteiger partial charge >= 0.3 is 0 Å². The molecule has 7 rings (SSSR count). The van der Waals surface area contributed by atoms with E-state index in [9.17, 15) is 30.6 Å². The summed E-state index contributed by atoms with van der Waals surface area (Å²) in [6, 6.07) is 0. The van der Waals surface area contributed by atoms with E-state index in [0.717, 1.165) is 101 Å². The largest absolute Gasteiger partial charge is 0.393 e. The molecule has 0 aromatic rings. The molecule has 6 heteroatoms. The minimum absolute atomic E-state index is 0.217. The van der Waals surface area contributed by atoms with Gasteiger partial charge in [-0.2, -0.15) is 0 Å². The Labute approximate surface area is 389 Å². The number of allylic oxidation sites excluding steroid dienone is 10. The Kier molecular flexibility index (Phi) is 16.6. The van der Waals surface area contributed by atoms with Gasteiger partial charge in [-0.15, -0.1) is 0 Å². The van der Waals surface area contributed by atoms with E-state index in [0.29, 0.717) is 55.3 Å². The molecule has 0 amide bonds. The maximum atomic E-state index is 11.1. The summed E-state index contributed by atoms with van der Waals surface area (Å²) in [5.41, 5.74) is 8.59. The van der Waals surface area contributed by atoms with Crippen LogP contribution in [-0.2, 0) is 0 Å². The monoisotopic (exact) mass is 885 g/mol. The van der Waals surface area contributed by atoms with Crippen LogP contribution in [0, 0.1) is 45.8 Å². The van der Waals surface area contributed by atoms with Crippen LogP contribution in [0.5, 0.6) is 0 Å². The molecule has 4 fully saturated rings. The third-order valence-electron chi connectivity index (χ3n) is 19.4. The van der Waals surface area contributed by atoms with Gasteiger partial charge in [-0.1, -0.05) is 146 Å². The average Bonchev–Trinajstić information content (AvgIpc) is 3.82. The first-order valence-corrected chi connectivity index (χ1v) is 26.3. The quantitative estimate of drug-likeness (QED) is 0.0911. The van der Waals surface area contributed by atoms with Crippen molar-refractivity contribution >= 4 is 0 Å². The molecule has 360 valence electrons. The summed E-state index contributed by atoms with van der Waals surface area (Å²) in [4.78, 5) is 0. The lowest BCUT2D eigenvalue weighted by atomic mass is 9.49. The lowest BCUT2D eigenvalue weighted by Gasteiger charge is -2.56. The van der Waals surface area contributed by atoms with Crippen LogP contribution in [0.2, 0.25) is 0 Å². The van der Waals surface area contributed by atoms with Crippen LogP contribution in [-0.4, -0.2) is 66.3 Å². The molecule has 0 saturated heterocycles. The van der Waals surface area contributed by atoms with Crippen molar-refractivity contribution in [3.05, 3.63) is 82.0 Å². The summed E-state index contributed by atoms with van der Waals surface area (Å²) in [5.74, 6) is 2.61. The Morgan fingerprint density at radius 1 is 0.719 bits per heavy atom. The molecule has 6 nitrogen and oxygen atoms in total. The fourth-order valence-corrected chi connectivity index (χ4v) is 14.5. The smallest absolute Gasteiger partial charge is 0.0811 e. The van der Waals surface area contributed by atoms with Crippen molar-refractivity contribution < 1.29 is 30.6 Å². The second-order valence-electron chi connectivity index (χ2n) is 22.9. The molecular formula is C58H92O6. The van der Waals surface area contributed by atoms with Gasteiger partial charge < -0.3 is 30.6 Å². The zero-order valence-electron chi connectivity index (χ0n) is 41.9. The van der Waals surface area contributed by atoms with E-state index in [1.165, 1.54) is 30.4 Å². The van der Waals surface area contributed by atoms with Gasteiger partial charge in [0, 0.05) is 18.3 Å². The van der Waals surface area contributed by atoms with Crippen molar-refractivity contribution in [2.75, 3.05) is 0 Å². The first-order valence-electron chi connectivity index (χ1n) is 26.3. The highest BCUT2D eigenvalue weighted by Gasteiger charge is 2.57. The van der Waals surface area contributed by atoms with E-state index in [-0.39, 0.29) is 16.2 Å². The summed E-state index contributed by atoms with van der Waals surface area (Å²) in [5, 5.41) is 62.8. The van der Waals surface area contributed by atoms with Gasteiger partial charge in [-0.3, -0.25) is 0 Å². The number of aliphatic hydroxyl groups is 6. The third-order valence-corrected chi connectivity index (χ3v) is 19.4. The summed E-state index contributed by atoms with van der Waals surface area (Å²) >= 11 is 0. The van der Waals surface area contributed by atoms with Gasteiger partial charge in [0.15, 0.2) is 0 Å². The van der Waals surface area contributed by atoms with Gasteiger partial charge in [0.2, 0.25) is 0 Å². The zero-order chi connectivity index (χ0) is 46.8. The first kappa shape index (κ1) is 51.3. The molecule has 0 heterocycles. The van der Waals surface area contributed by atoms with E-state index in [2.05, 4.69) is 105 Å². The summed E-state index contributed by atoms with van der Waals surface area (Å²) < 4.78 is 0. The van der Waals surface area contributed by atoms with Gasteiger partial charge in [-0.25, -0.2) is 0 Å². The van der Waals surface area contributed by atoms with Crippen LogP contribution in [0.15, 0.2) is 82.0 Å². The Bertz CT molecular complexity index is 1840. The van der Waals surface area contributed by atoms with Crippen LogP contribution < -0.4 is 0 Å². The highest BCUT2D eigenvalue weighted by molar-refractivity contribution is 5.44. The van der Waals surface area contributed by atoms with Crippen molar-refractivity contribution in [2.24, 2.45) is 45.8 Å². The summed E-state index contributed by atoms with van der Waals surface area (Å²) in [6.07, 6.45) is 32.0. The van der Waals surface area contributed by atoms with Crippen LogP contribution in [0.25, 0.3) is 0 Å². The number of rotatable bonds is 15. The minimum atomic E-state index is -0.626. The maximum Gasteiger partial charge on any atom is 0.0811 e. The van der Waals surface area contributed by atoms with Crippen molar-refractivity contribution in [1.29, 1.82) is 0 Å². The van der Waals surface area contributed by atoms with Crippen molar-refractivity contribution in [1.82, 2.24) is 0 Å². The molecule has 7 aliphatic rings. The number of hydrogen-bond donors (Lipinski definition) is 6. The molecule has 12 atom stereocenters. The molecule has 6 N–H and O–H groups in total. The molecule has 64 heavy (non-hydrogen) atoms. The predicted molar refractivity (Wildman–Crippen MR) is 264 cm³/mol. The number of hydrogen-bond acceptors (Lipinski definition) is 6. The Morgan fingerprint density at radius 3 is 1.84 bits per heavy atom. The molecule has 0 spiro atoms. The number of aliphatic hydroxyl groups excluding tert-OH is 4. The number of fused-ring (bicyclic) bond motifs is 6. The zero-order valence-corrected chi connectivity index (χ0v) is 41.9. The van der Waals surface area contributed by atoms with Gasteiger partial charge in [0.05, 0.1) is 35.6 Å². The van der Waals surface area contributed by atoms with Crippen molar-refractivity contribution in [3.8, 4) is 0 Å². The fourth-order valence-electron chi connectivity index (χ4n) is 14.5. The molecule has 4 saturated carbocycles. The minimum Gasteiger partial charge on any atom is -0.393 e. The topological polar surface area (TPSA) is 121 Å². The van der Waals surface area contributed by atoms with E-state index in [1.54, 1.807) is 16.7 Å². The van der Waals surface area contributed by atoms with Crippen LogP contribution in [0.4, 0.5) is 0 Å². The van der Waals surface area contributed by atoms with Crippen molar-refractivity contribution in [3.63, 3.8) is 0 Å². The van der Waals surface area contributed by atoms with E-state index in [4.69, 9.17) is 0 Å². The Balaban J connectivity index is 0.000000213. The first-order chi connectivity index (χ1) is 30.2. The Hall–Kier alpha value is -2.06. The molecule has 3 unspecified atom stereocenters. The van der Waals surface area contributed by atoms with Gasteiger partial charge in [0.25, 0.3) is 0 Å².